The number of hydrogen-bond acceptors (Lipinski definition) is 9. The second kappa shape index (κ2) is 10.0. The lowest BCUT2D eigenvalue weighted by atomic mass is 9.98. The molecule has 2 heterocycles. The molecule has 0 radical (unpaired) electrons. The van der Waals surface area contributed by atoms with Gasteiger partial charge in [-0.15, -0.1) is 11.3 Å². The van der Waals surface area contributed by atoms with Crippen molar-refractivity contribution in [3.05, 3.63) is 53.5 Å². The molecule has 2 aromatic carbocycles. The molecule has 2 unspecified atom stereocenters. The minimum atomic E-state index is -4.83. The zero-order chi connectivity index (χ0) is 28.8. The third-order valence-electron chi connectivity index (χ3n) is 5.83. The molecule has 15 heteroatoms. The molecule has 1 aliphatic rings. The van der Waals surface area contributed by atoms with E-state index < -0.39 is 63.5 Å². The Labute approximate surface area is 224 Å². The van der Waals surface area contributed by atoms with Crippen molar-refractivity contribution in [3.8, 4) is 11.1 Å². The number of imide groups is 1. The van der Waals surface area contributed by atoms with E-state index >= 15 is 0 Å². The number of hydrogen-bond donors (Lipinski definition) is 3. The summed E-state index contributed by atoms with van der Waals surface area (Å²) in [7, 11) is -4.03. The highest BCUT2D eigenvalue weighted by atomic mass is 32.2. The normalized spacial score (nSPS) is 18.7. The summed E-state index contributed by atoms with van der Waals surface area (Å²) in [6.45, 7) is -0.700. The minimum absolute atomic E-state index is 0.0170. The second-order valence-corrected chi connectivity index (χ2v) is 12.3. The van der Waals surface area contributed by atoms with E-state index in [1.165, 1.54) is 0 Å². The molecular weight excluding hydrogens is 559 g/mol. The summed E-state index contributed by atoms with van der Waals surface area (Å²) in [5.41, 5.74) is 0.347. The second-order valence-electron chi connectivity index (χ2n) is 9.15. The number of sulfone groups is 1. The maximum atomic E-state index is 12.8. The SMILES string of the molecule is CC1(CC(=N)OC(=N)C(c2nc3ccc(-c4ccccc4)cc3s2)S(C)(=O)=O)NC(=O)N(CC(F)(F)F)C1=O. The van der Waals surface area contributed by atoms with Gasteiger partial charge in [-0.3, -0.25) is 20.5 Å². The standard InChI is InChI=1S/C24H22F3N5O5S2/c1-23(21(33)32(22(34)31-23)12-24(25,26)27)11-17(28)37-19(29)18(39(2,35)36)20-30-15-9-8-14(10-16(15)38-20)13-6-4-3-5-7-13/h3-10,18,28-29H,11-12H2,1-2H3,(H,31,34). The van der Waals surface area contributed by atoms with Gasteiger partial charge in [0.05, 0.1) is 16.6 Å². The quantitative estimate of drug-likeness (QED) is 0.215. The molecular formula is C24H22F3N5O5S2. The molecule has 10 nitrogen and oxygen atoms in total. The van der Waals surface area contributed by atoms with Crippen molar-refractivity contribution in [2.24, 2.45) is 0 Å². The van der Waals surface area contributed by atoms with Crippen LogP contribution in [0.4, 0.5) is 18.0 Å². The van der Waals surface area contributed by atoms with Crippen LogP contribution in [0.1, 0.15) is 23.6 Å². The van der Waals surface area contributed by atoms with Crippen LogP contribution in [0.25, 0.3) is 21.3 Å². The van der Waals surface area contributed by atoms with Crippen LogP contribution >= 0.6 is 11.3 Å². The highest BCUT2D eigenvalue weighted by Crippen LogP contribution is 2.34. The zero-order valence-corrected chi connectivity index (χ0v) is 22.1. The van der Waals surface area contributed by atoms with E-state index in [0.29, 0.717) is 10.2 Å². The molecule has 1 aliphatic heterocycles. The van der Waals surface area contributed by atoms with Crippen LogP contribution in [0.5, 0.6) is 0 Å². The van der Waals surface area contributed by atoms with Gasteiger partial charge in [0, 0.05) is 6.26 Å². The molecule has 1 saturated heterocycles. The van der Waals surface area contributed by atoms with Crippen LogP contribution in [0, 0.1) is 10.8 Å². The van der Waals surface area contributed by atoms with Gasteiger partial charge >= 0.3 is 12.2 Å². The molecule has 3 aromatic rings. The summed E-state index contributed by atoms with van der Waals surface area (Å²) in [6.07, 6.45) is -4.67. The minimum Gasteiger partial charge on any atom is -0.428 e. The fourth-order valence-electron chi connectivity index (χ4n) is 4.09. The summed E-state index contributed by atoms with van der Waals surface area (Å²) >= 11 is 1.03. The Morgan fingerprint density at radius 2 is 1.82 bits per heavy atom. The van der Waals surface area contributed by atoms with Crippen LogP contribution < -0.4 is 5.32 Å². The summed E-state index contributed by atoms with van der Waals surface area (Å²) in [5.74, 6) is -2.91. The number of alkyl halides is 3. The third-order valence-corrected chi connectivity index (χ3v) is 8.36. The molecule has 3 amide bonds. The third kappa shape index (κ3) is 6.09. The zero-order valence-electron chi connectivity index (χ0n) is 20.5. The topological polar surface area (TPSA) is 153 Å². The Morgan fingerprint density at radius 1 is 1.15 bits per heavy atom. The molecule has 3 N–H and O–H groups in total. The number of urea groups is 1. The first-order valence-corrected chi connectivity index (χ1v) is 14.0. The Hall–Kier alpha value is -3.85. The number of carbonyl (C=O) groups excluding carboxylic acids is 2. The van der Waals surface area contributed by atoms with Gasteiger partial charge in [-0.2, -0.15) is 13.2 Å². The number of nitrogens with one attached hydrogen (secondary N) is 3. The average Bonchev–Trinajstić information content (AvgIpc) is 3.30. The van der Waals surface area contributed by atoms with Crippen LogP contribution in [0.15, 0.2) is 48.5 Å². The number of rotatable bonds is 7. The monoisotopic (exact) mass is 581 g/mol. The number of carbonyl (C=O) groups is 2. The van der Waals surface area contributed by atoms with Crippen molar-refractivity contribution < 1.29 is 35.9 Å². The van der Waals surface area contributed by atoms with Crippen molar-refractivity contribution >= 4 is 55.1 Å². The van der Waals surface area contributed by atoms with Crippen molar-refractivity contribution in [1.29, 1.82) is 10.8 Å². The molecule has 206 valence electrons. The Kier molecular flexibility index (Phi) is 7.25. The molecule has 39 heavy (non-hydrogen) atoms. The van der Waals surface area contributed by atoms with Crippen LogP contribution in [0.2, 0.25) is 0 Å². The summed E-state index contributed by atoms with van der Waals surface area (Å²) in [6, 6.07) is 13.5. The van der Waals surface area contributed by atoms with Gasteiger partial charge in [-0.1, -0.05) is 36.4 Å². The van der Waals surface area contributed by atoms with E-state index in [2.05, 4.69) is 10.3 Å². The Balaban J connectivity index is 1.54. The largest absolute Gasteiger partial charge is 0.428 e. The smallest absolute Gasteiger partial charge is 0.406 e. The fraction of sp³-hybridized carbons (Fsp3) is 0.292. The Morgan fingerprint density at radius 3 is 2.44 bits per heavy atom. The average molecular weight is 582 g/mol. The number of thiazole rings is 1. The van der Waals surface area contributed by atoms with Crippen molar-refractivity contribution in [1.82, 2.24) is 15.2 Å². The van der Waals surface area contributed by atoms with Gasteiger partial charge in [0.15, 0.2) is 21.0 Å². The summed E-state index contributed by atoms with van der Waals surface area (Å²) < 4.78 is 69.4. The number of benzene rings is 2. The predicted octanol–water partition coefficient (Wildman–Crippen LogP) is 4.28. The number of ether oxygens (including phenoxy) is 1. The van der Waals surface area contributed by atoms with Gasteiger partial charge in [-0.05, 0) is 30.2 Å². The summed E-state index contributed by atoms with van der Waals surface area (Å²) in [5, 5.41) is 16.8. The molecule has 1 fully saturated rings. The maximum Gasteiger partial charge on any atom is 0.406 e. The van der Waals surface area contributed by atoms with E-state index in [1.807, 2.05) is 42.5 Å². The number of aromatic nitrogens is 1. The number of amides is 3. The molecule has 4 rings (SSSR count). The van der Waals surface area contributed by atoms with Gasteiger partial charge in [0.25, 0.3) is 5.91 Å². The van der Waals surface area contributed by atoms with Crippen molar-refractivity contribution in [2.45, 2.75) is 30.3 Å². The molecule has 1 aromatic heterocycles. The first kappa shape index (κ1) is 28.2. The molecule has 0 aliphatic carbocycles. The van der Waals surface area contributed by atoms with Gasteiger partial charge < -0.3 is 10.1 Å². The maximum absolute atomic E-state index is 12.8. The highest BCUT2D eigenvalue weighted by molar-refractivity contribution is 7.91. The highest BCUT2D eigenvalue weighted by Gasteiger charge is 2.52. The first-order chi connectivity index (χ1) is 18.1. The van der Waals surface area contributed by atoms with Crippen LogP contribution in [0.3, 0.4) is 0 Å². The van der Waals surface area contributed by atoms with E-state index in [9.17, 15) is 31.2 Å². The lowest BCUT2D eigenvalue weighted by molar-refractivity contribution is -0.154. The number of fused-ring (bicyclic) bond motifs is 1. The lowest BCUT2D eigenvalue weighted by Gasteiger charge is -2.23. The molecule has 2 atom stereocenters. The fourth-order valence-corrected chi connectivity index (χ4v) is 6.60. The molecule has 0 bridgehead atoms. The van der Waals surface area contributed by atoms with E-state index in [-0.39, 0.29) is 9.91 Å². The van der Waals surface area contributed by atoms with Crippen LogP contribution in [-0.4, -0.2) is 66.6 Å². The Bertz CT molecular complexity index is 1590. The number of halogens is 3. The molecule has 0 spiro atoms. The van der Waals surface area contributed by atoms with E-state index in [1.54, 1.807) is 6.07 Å². The predicted molar refractivity (Wildman–Crippen MR) is 139 cm³/mol. The van der Waals surface area contributed by atoms with Crippen molar-refractivity contribution in [2.75, 3.05) is 12.8 Å². The van der Waals surface area contributed by atoms with Gasteiger partial charge in [-0.25, -0.2) is 18.2 Å². The van der Waals surface area contributed by atoms with Crippen molar-refractivity contribution in [3.63, 3.8) is 0 Å². The number of nitrogens with zero attached hydrogens (tertiary/aromatic N) is 2. The first-order valence-electron chi connectivity index (χ1n) is 11.3. The van der Waals surface area contributed by atoms with E-state index in [0.717, 1.165) is 35.6 Å². The van der Waals surface area contributed by atoms with E-state index in [4.69, 9.17) is 15.6 Å². The summed E-state index contributed by atoms with van der Waals surface area (Å²) in [4.78, 5) is 28.8. The van der Waals surface area contributed by atoms with Gasteiger partial charge in [0.2, 0.25) is 5.90 Å². The van der Waals surface area contributed by atoms with Gasteiger partial charge in [0.1, 0.15) is 17.1 Å². The lowest BCUT2D eigenvalue weighted by Crippen LogP contribution is -2.47. The molecule has 0 saturated carbocycles. The van der Waals surface area contributed by atoms with Crippen LogP contribution in [-0.2, 0) is 19.4 Å².